The first-order valence-corrected chi connectivity index (χ1v) is 8.70. The summed E-state index contributed by atoms with van der Waals surface area (Å²) in [6.45, 7) is 0. The first-order chi connectivity index (χ1) is 11.8. The van der Waals surface area contributed by atoms with Gasteiger partial charge in [0.25, 0.3) is 5.91 Å². The van der Waals surface area contributed by atoms with Crippen LogP contribution in [0.5, 0.6) is 0 Å². The SMILES string of the molecule is O=C1CSC(c2ccc(-n3ccnc3)cc2)N1Nc1ccccc1. The van der Waals surface area contributed by atoms with Gasteiger partial charge in [0.15, 0.2) is 0 Å². The molecule has 1 saturated heterocycles. The number of nitrogens with zero attached hydrogens (tertiary/aromatic N) is 3. The number of rotatable bonds is 4. The summed E-state index contributed by atoms with van der Waals surface area (Å²) >= 11 is 1.63. The second-order valence-electron chi connectivity index (χ2n) is 5.47. The van der Waals surface area contributed by atoms with Gasteiger partial charge in [-0.15, -0.1) is 11.8 Å². The van der Waals surface area contributed by atoms with Crippen molar-refractivity contribution >= 4 is 23.4 Å². The Balaban J connectivity index is 1.57. The molecule has 0 saturated carbocycles. The molecule has 1 aromatic heterocycles. The Bertz CT molecular complexity index is 818. The monoisotopic (exact) mass is 336 g/mol. The second kappa shape index (κ2) is 6.41. The van der Waals surface area contributed by atoms with Gasteiger partial charge in [-0.05, 0) is 29.8 Å². The topological polar surface area (TPSA) is 50.2 Å². The van der Waals surface area contributed by atoms with Crippen LogP contribution >= 0.6 is 11.8 Å². The van der Waals surface area contributed by atoms with Crippen molar-refractivity contribution in [2.75, 3.05) is 11.2 Å². The lowest BCUT2D eigenvalue weighted by Crippen LogP contribution is -2.33. The molecule has 2 heterocycles. The third kappa shape index (κ3) is 2.88. The molecule has 1 fully saturated rings. The number of benzene rings is 2. The molecule has 0 aliphatic carbocycles. The lowest BCUT2D eigenvalue weighted by molar-refractivity contribution is -0.126. The zero-order valence-corrected chi connectivity index (χ0v) is 13.7. The van der Waals surface area contributed by atoms with Crippen LogP contribution in [0.15, 0.2) is 73.3 Å². The van der Waals surface area contributed by atoms with E-state index in [1.807, 2.05) is 53.2 Å². The number of imidazole rings is 1. The summed E-state index contributed by atoms with van der Waals surface area (Å²) in [7, 11) is 0. The van der Waals surface area contributed by atoms with Gasteiger partial charge < -0.3 is 4.57 Å². The predicted octanol–water partition coefficient (Wildman–Crippen LogP) is 3.47. The molecule has 6 heteroatoms. The van der Waals surface area contributed by atoms with Gasteiger partial charge in [0.2, 0.25) is 0 Å². The molecule has 1 aliphatic rings. The number of aromatic nitrogens is 2. The maximum atomic E-state index is 12.2. The van der Waals surface area contributed by atoms with E-state index in [1.165, 1.54) is 0 Å². The maximum absolute atomic E-state index is 12.2. The fourth-order valence-corrected chi connectivity index (χ4v) is 3.77. The van der Waals surface area contributed by atoms with Crippen LogP contribution in [0.4, 0.5) is 5.69 Å². The summed E-state index contributed by atoms with van der Waals surface area (Å²) < 4.78 is 1.96. The molecule has 4 rings (SSSR count). The number of nitrogens with one attached hydrogen (secondary N) is 1. The van der Waals surface area contributed by atoms with Gasteiger partial charge in [-0.3, -0.25) is 10.2 Å². The fourth-order valence-electron chi connectivity index (χ4n) is 2.67. The number of carbonyl (C=O) groups is 1. The Labute approximate surface area is 144 Å². The minimum Gasteiger partial charge on any atom is -0.306 e. The van der Waals surface area contributed by atoms with Crippen molar-refractivity contribution in [2.45, 2.75) is 5.37 Å². The van der Waals surface area contributed by atoms with E-state index in [2.05, 4.69) is 22.5 Å². The molecule has 5 nitrogen and oxygen atoms in total. The Morgan fingerprint density at radius 3 is 2.58 bits per heavy atom. The van der Waals surface area contributed by atoms with Crippen LogP contribution in [-0.2, 0) is 4.79 Å². The van der Waals surface area contributed by atoms with Gasteiger partial charge in [0, 0.05) is 18.1 Å². The summed E-state index contributed by atoms with van der Waals surface area (Å²) in [6.07, 6.45) is 5.43. The molecule has 0 spiro atoms. The number of thioether (sulfide) groups is 1. The molecule has 1 amide bonds. The maximum Gasteiger partial charge on any atom is 0.252 e. The lowest BCUT2D eigenvalue weighted by Gasteiger charge is -2.25. The zero-order chi connectivity index (χ0) is 16.4. The van der Waals surface area contributed by atoms with E-state index in [9.17, 15) is 4.79 Å². The highest BCUT2D eigenvalue weighted by Crippen LogP contribution is 2.38. The standard InChI is InChI=1S/C18H16N4OS/c23-17-12-24-18(22(17)20-15-4-2-1-3-5-15)14-6-8-16(9-7-14)21-11-10-19-13-21/h1-11,13,18,20H,12H2. The smallest absolute Gasteiger partial charge is 0.252 e. The summed E-state index contributed by atoms with van der Waals surface area (Å²) in [5, 5.41) is 1.68. The normalized spacial score (nSPS) is 17.2. The van der Waals surface area contributed by atoms with Gasteiger partial charge in [-0.2, -0.15) is 0 Å². The van der Waals surface area contributed by atoms with Crippen LogP contribution in [0, 0.1) is 0 Å². The van der Waals surface area contributed by atoms with Crippen molar-refractivity contribution in [1.82, 2.24) is 14.6 Å². The zero-order valence-electron chi connectivity index (χ0n) is 12.9. The molecule has 3 aromatic rings. The minimum absolute atomic E-state index is 0.0328. The second-order valence-corrected chi connectivity index (χ2v) is 6.53. The molecule has 2 aromatic carbocycles. The number of amides is 1. The molecule has 1 atom stereocenters. The quantitative estimate of drug-likeness (QED) is 0.792. The molecule has 24 heavy (non-hydrogen) atoms. The van der Waals surface area contributed by atoms with Crippen molar-refractivity contribution in [3.63, 3.8) is 0 Å². The minimum atomic E-state index is -0.0328. The Morgan fingerprint density at radius 1 is 1.08 bits per heavy atom. The molecule has 1 unspecified atom stereocenters. The summed E-state index contributed by atoms with van der Waals surface area (Å²) in [4.78, 5) is 16.3. The summed E-state index contributed by atoms with van der Waals surface area (Å²) in [5.41, 5.74) is 6.28. The Kier molecular flexibility index (Phi) is 3.96. The van der Waals surface area contributed by atoms with E-state index in [0.29, 0.717) is 5.75 Å². The van der Waals surface area contributed by atoms with E-state index in [1.54, 1.807) is 29.3 Å². The van der Waals surface area contributed by atoms with E-state index in [-0.39, 0.29) is 11.3 Å². The highest BCUT2D eigenvalue weighted by atomic mass is 32.2. The van der Waals surface area contributed by atoms with E-state index >= 15 is 0 Å². The van der Waals surface area contributed by atoms with E-state index in [4.69, 9.17) is 0 Å². The number of hydrazine groups is 1. The Morgan fingerprint density at radius 2 is 1.88 bits per heavy atom. The van der Waals surface area contributed by atoms with Gasteiger partial charge in [0.1, 0.15) is 5.37 Å². The van der Waals surface area contributed by atoms with Gasteiger partial charge in [-0.1, -0.05) is 30.3 Å². The van der Waals surface area contributed by atoms with Crippen molar-refractivity contribution in [1.29, 1.82) is 0 Å². The summed E-state index contributed by atoms with van der Waals surface area (Å²) in [5.74, 6) is 0.570. The van der Waals surface area contributed by atoms with Crippen LogP contribution in [0.1, 0.15) is 10.9 Å². The van der Waals surface area contributed by atoms with Crippen molar-refractivity contribution in [3.05, 3.63) is 78.9 Å². The van der Waals surface area contributed by atoms with Crippen molar-refractivity contribution in [3.8, 4) is 5.69 Å². The molecule has 0 bridgehead atoms. The fraction of sp³-hybridized carbons (Fsp3) is 0.111. The highest BCUT2D eigenvalue weighted by Gasteiger charge is 2.33. The summed E-state index contributed by atoms with van der Waals surface area (Å²) in [6, 6.07) is 18.0. The van der Waals surface area contributed by atoms with Gasteiger partial charge in [0.05, 0.1) is 17.8 Å². The molecular weight excluding hydrogens is 320 g/mol. The number of hydrogen-bond donors (Lipinski definition) is 1. The molecule has 1 N–H and O–H groups in total. The van der Waals surface area contributed by atoms with Crippen LogP contribution in [0.2, 0.25) is 0 Å². The average Bonchev–Trinajstić information content (AvgIpc) is 3.27. The molecular formula is C18H16N4OS. The van der Waals surface area contributed by atoms with Crippen molar-refractivity contribution in [2.24, 2.45) is 0 Å². The third-order valence-electron chi connectivity index (χ3n) is 3.87. The van der Waals surface area contributed by atoms with Crippen LogP contribution in [-0.4, -0.2) is 26.2 Å². The largest absolute Gasteiger partial charge is 0.306 e. The third-order valence-corrected chi connectivity index (χ3v) is 5.08. The Hall–Kier alpha value is -2.73. The van der Waals surface area contributed by atoms with Gasteiger partial charge in [-0.25, -0.2) is 9.99 Å². The van der Waals surface area contributed by atoms with E-state index < -0.39 is 0 Å². The van der Waals surface area contributed by atoms with E-state index in [0.717, 1.165) is 16.9 Å². The molecule has 120 valence electrons. The average molecular weight is 336 g/mol. The number of carbonyl (C=O) groups excluding carboxylic acids is 1. The van der Waals surface area contributed by atoms with Crippen molar-refractivity contribution < 1.29 is 4.79 Å². The van der Waals surface area contributed by atoms with Crippen LogP contribution < -0.4 is 5.43 Å². The number of para-hydroxylation sites is 1. The number of anilines is 1. The van der Waals surface area contributed by atoms with Crippen LogP contribution in [0.3, 0.4) is 0 Å². The lowest BCUT2D eigenvalue weighted by atomic mass is 10.2. The van der Waals surface area contributed by atoms with Gasteiger partial charge >= 0.3 is 0 Å². The highest BCUT2D eigenvalue weighted by molar-refractivity contribution is 8.00. The molecule has 0 radical (unpaired) electrons. The first kappa shape index (κ1) is 14.8. The van der Waals surface area contributed by atoms with Crippen LogP contribution in [0.25, 0.3) is 5.69 Å². The molecule has 1 aliphatic heterocycles. The number of hydrogen-bond acceptors (Lipinski definition) is 4. The predicted molar refractivity (Wildman–Crippen MR) is 95.7 cm³/mol. The first-order valence-electron chi connectivity index (χ1n) is 7.65.